The lowest BCUT2D eigenvalue weighted by Crippen LogP contribution is -2.46. The highest BCUT2D eigenvalue weighted by Crippen LogP contribution is 2.21. The number of rotatable bonds is 5. The van der Waals surface area contributed by atoms with Gasteiger partial charge in [0, 0.05) is 44.0 Å². The van der Waals surface area contributed by atoms with Crippen LogP contribution in [0.3, 0.4) is 0 Å². The van der Waals surface area contributed by atoms with Crippen LogP contribution in [-0.2, 0) is 0 Å². The third-order valence-electron chi connectivity index (χ3n) is 4.45. The van der Waals surface area contributed by atoms with Crippen LogP contribution < -0.4 is 15.1 Å². The minimum Gasteiger partial charge on any atom is -0.368 e. The molecular weight excluding hydrogens is 305 g/mol. The Hall–Kier alpha value is -2.37. The van der Waals surface area contributed by atoms with Crippen LogP contribution in [0.4, 0.5) is 21.7 Å². The molecule has 0 spiro atoms. The van der Waals surface area contributed by atoms with Gasteiger partial charge in [-0.1, -0.05) is 6.92 Å². The second kappa shape index (κ2) is 7.47. The summed E-state index contributed by atoms with van der Waals surface area (Å²) in [6, 6.07) is 9.11. The second-order valence-corrected chi connectivity index (χ2v) is 6.17. The first-order valence-electron chi connectivity index (χ1n) is 8.49. The van der Waals surface area contributed by atoms with Crippen LogP contribution in [-0.4, -0.2) is 42.2 Å². The zero-order chi connectivity index (χ0) is 16.9. The quantitative estimate of drug-likeness (QED) is 0.913. The summed E-state index contributed by atoms with van der Waals surface area (Å²) in [4.78, 5) is 13.3. The standard InChI is InChI=1S/C18H24FN5/c1-3-14(2)22-17-12-18(21-13-20-17)24-10-8-23(9-11-24)16-6-4-15(19)5-7-16/h4-7,12-14H,3,8-11H2,1-2H3,(H,20,21,22). The third kappa shape index (κ3) is 3.93. The number of anilines is 3. The van der Waals surface area contributed by atoms with E-state index in [4.69, 9.17) is 0 Å². The minimum atomic E-state index is -0.195. The SMILES string of the molecule is CCC(C)Nc1cc(N2CCN(c3ccc(F)cc3)CC2)ncn1. The predicted molar refractivity (Wildman–Crippen MR) is 96.2 cm³/mol. The lowest BCUT2D eigenvalue weighted by Gasteiger charge is -2.36. The molecule has 1 unspecified atom stereocenters. The van der Waals surface area contributed by atoms with Crippen LogP contribution in [0.2, 0.25) is 0 Å². The highest BCUT2D eigenvalue weighted by molar-refractivity contribution is 5.52. The summed E-state index contributed by atoms with van der Waals surface area (Å²) in [5.41, 5.74) is 1.07. The lowest BCUT2D eigenvalue weighted by molar-refractivity contribution is 0.624. The summed E-state index contributed by atoms with van der Waals surface area (Å²) in [5.74, 6) is 1.63. The smallest absolute Gasteiger partial charge is 0.134 e. The Labute approximate surface area is 142 Å². The number of benzene rings is 1. The van der Waals surface area contributed by atoms with Crippen LogP contribution >= 0.6 is 0 Å². The van der Waals surface area contributed by atoms with Gasteiger partial charge in [-0.15, -0.1) is 0 Å². The fourth-order valence-corrected chi connectivity index (χ4v) is 2.80. The van der Waals surface area contributed by atoms with Gasteiger partial charge < -0.3 is 15.1 Å². The number of piperazine rings is 1. The van der Waals surface area contributed by atoms with Crippen molar-refractivity contribution in [3.05, 3.63) is 42.5 Å². The van der Waals surface area contributed by atoms with E-state index in [1.807, 2.05) is 18.2 Å². The Kier molecular flexibility index (Phi) is 5.13. The van der Waals surface area contributed by atoms with Crippen LogP contribution in [0.5, 0.6) is 0 Å². The van der Waals surface area contributed by atoms with Gasteiger partial charge >= 0.3 is 0 Å². The number of aromatic nitrogens is 2. The molecule has 0 amide bonds. The van der Waals surface area contributed by atoms with Crippen molar-refractivity contribution >= 4 is 17.3 Å². The Bertz CT molecular complexity index is 653. The maximum absolute atomic E-state index is 13.0. The van der Waals surface area contributed by atoms with Crippen molar-refractivity contribution in [1.82, 2.24) is 9.97 Å². The van der Waals surface area contributed by atoms with E-state index in [0.29, 0.717) is 6.04 Å². The summed E-state index contributed by atoms with van der Waals surface area (Å²) < 4.78 is 13.0. The molecule has 5 nitrogen and oxygen atoms in total. The van der Waals surface area contributed by atoms with Crippen molar-refractivity contribution in [2.75, 3.05) is 41.3 Å². The first-order valence-corrected chi connectivity index (χ1v) is 8.49. The second-order valence-electron chi connectivity index (χ2n) is 6.17. The van der Waals surface area contributed by atoms with Gasteiger partial charge in [0.1, 0.15) is 23.8 Å². The Balaban J connectivity index is 1.62. The van der Waals surface area contributed by atoms with Gasteiger partial charge in [0.2, 0.25) is 0 Å². The van der Waals surface area contributed by atoms with E-state index in [1.165, 1.54) is 12.1 Å². The van der Waals surface area contributed by atoms with Crippen LogP contribution in [0.25, 0.3) is 0 Å². The van der Waals surface area contributed by atoms with E-state index in [1.54, 1.807) is 6.33 Å². The Morgan fingerprint density at radius 1 is 1.08 bits per heavy atom. The topological polar surface area (TPSA) is 44.3 Å². The average molecular weight is 329 g/mol. The molecule has 2 heterocycles. The summed E-state index contributed by atoms with van der Waals surface area (Å²) in [7, 11) is 0. The van der Waals surface area contributed by atoms with Crippen LogP contribution in [0, 0.1) is 5.82 Å². The maximum Gasteiger partial charge on any atom is 0.134 e. The van der Waals surface area contributed by atoms with Gasteiger partial charge in [-0.25, -0.2) is 14.4 Å². The molecule has 2 aromatic rings. The molecule has 1 aromatic heterocycles. The molecule has 0 bridgehead atoms. The number of hydrogen-bond acceptors (Lipinski definition) is 5. The normalized spacial score (nSPS) is 16.1. The van der Waals surface area contributed by atoms with Crippen molar-refractivity contribution < 1.29 is 4.39 Å². The van der Waals surface area contributed by atoms with E-state index in [0.717, 1.165) is 49.9 Å². The zero-order valence-corrected chi connectivity index (χ0v) is 14.2. The third-order valence-corrected chi connectivity index (χ3v) is 4.45. The Morgan fingerprint density at radius 2 is 1.75 bits per heavy atom. The maximum atomic E-state index is 13.0. The fourth-order valence-electron chi connectivity index (χ4n) is 2.80. The molecule has 1 aliphatic rings. The lowest BCUT2D eigenvalue weighted by atomic mass is 10.2. The van der Waals surface area contributed by atoms with E-state index < -0.39 is 0 Å². The van der Waals surface area contributed by atoms with Crippen molar-refractivity contribution in [2.45, 2.75) is 26.3 Å². The average Bonchev–Trinajstić information content (AvgIpc) is 2.63. The summed E-state index contributed by atoms with van der Waals surface area (Å²) >= 11 is 0. The number of nitrogens with one attached hydrogen (secondary N) is 1. The molecule has 0 aliphatic carbocycles. The molecule has 1 aliphatic heterocycles. The van der Waals surface area contributed by atoms with Crippen molar-refractivity contribution in [2.24, 2.45) is 0 Å². The van der Waals surface area contributed by atoms with Gasteiger partial charge in [-0.2, -0.15) is 0 Å². The Morgan fingerprint density at radius 3 is 2.42 bits per heavy atom. The predicted octanol–water partition coefficient (Wildman–Crippen LogP) is 3.15. The molecule has 0 saturated carbocycles. The van der Waals surface area contributed by atoms with E-state index in [2.05, 4.69) is 38.9 Å². The zero-order valence-electron chi connectivity index (χ0n) is 14.2. The van der Waals surface area contributed by atoms with Crippen LogP contribution in [0.1, 0.15) is 20.3 Å². The molecule has 128 valence electrons. The van der Waals surface area contributed by atoms with E-state index in [9.17, 15) is 4.39 Å². The summed E-state index contributed by atoms with van der Waals surface area (Å²) in [6.07, 6.45) is 2.67. The molecule has 1 saturated heterocycles. The van der Waals surface area contributed by atoms with E-state index in [-0.39, 0.29) is 5.82 Å². The summed E-state index contributed by atoms with van der Waals surface area (Å²) in [6.45, 7) is 7.85. The molecule has 1 aromatic carbocycles. The molecule has 1 atom stereocenters. The van der Waals surface area contributed by atoms with E-state index >= 15 is 0 Å². The van der Waals surface area contributed by atoms with Crippen molar-refractivity contribution in [3.63, 3.8) is 0 Å². The molecular formula is C18H24FN5. The molecule has 1 N–H and O–H groups in total. The number of nitrogens with zero attached hydrogens (tertiary/aromatic N) is 4. The summed E-state index contributed by atoms with van der Waals surface area (Å²) in [5, 5.41) is 3.39. The number of hydrogen-bond donors (Lipinski definition) is 1. The van der Waals surface area contributed by atoms with Gasteiger partial charge in [-0.05, 0) is 37.6 Å². The van der Waals surface area contributed by atoms with Gasteiger partial charge in [-0.3, -0.25) is 0 Å². The highest BCUT2D eigenvalue weighted by atomic mass is 19.1. The van der Waals surface area contributed by atoms with Crippen molar-refractivity contribution in [3.8, 4) is 0 Å². The molecule has 1 fully saturated rings. The monoisotopic (exact) mass is 329 g/mol. The highest BCUT2D eigenvalue weighted by Gasteiger charge is 2.19. The first kappa shape index (κ1) is 16.5. The fraction of sp³-hybridized carbons (Fsp3) is 0.444. The van der Waals surface area contributed by atoms with Gasteiger partial charge in [0.05, 0.1) is 0 Å². The molecule has 6 heteroatoms. The first-order chi connectivity index (χ1) is 11.7. The number of halogens is 1. The largest absolute Gasteiger partial charge is 0.368 e. The van der Waals surface area contributed by atoms with Crippen LogP contribution in [0.15, 0.2) is 36.7 Å². The molecule has 0 radical (unpaired) electrons. The van der Waals surface area contributed by atoms with Gasteiger partial charge in [0.15, 0.2) is 0 Å². The minimum absolute atomic E-state index is 0.195. The molecule has 24 heavy (non-hydrogen) atoms. The van der Waals surface area contributed by atoms with Crippen molar-refractivity contribution in [1.29, 1.82) is 0 Å². The van der Waals surface area contributed by atoms with Gasteiger partial charge in [0.25, 0.3) is 0 Å². The molecule has 3 rings (SSSR count).